The molecule has 3 N–H and O–H groups in total. The van der Waals surface area contributed by atoms with E-state index in [0.29, 0.717) is 12.6 Å². The van der Waals surface area contributed by atoms with E-state index in [1.165, 1.54) is 4.90 Å². The van der Waals surface area contributed by atoms with Gasteiger partial charge in [0.05, 0.1) is 27.9 Å². The maximum atomic E-state index is 16.6. The highest BCUT2D eigenvalue weighted by molar-refractivity contribution is 6.07. The Morgan fingerprint density at radius 1 is 0.880 bits per heavy atom. The fraction of sp³-hybridized carbons (Fsp3) is 0.457. The zero-order chi connectivity index (χ0) is 37.7. The molecule has 0 aliphatic carbocycles. The third-order valence-corrected chi connectivity index (χ3v) is 8.63. The first-order valence-electron chi connectivity index (χ1n) is 15.8. The summed E-state index contributed by atoms with van der Waals surface area (Å²) in [6.45, 7) is 13.2. The first-order valence-corrected chi connectivity index (χ1v) is 15.8. The number of carbonyl (C=O) groups excluding carboxylic acids is 2. The molecule has 0 saturated carbocycles. The topological polar surface area (TPSA) is 97.5 Å². The summed E-state index contributed by atoms with van der Waals surface area (Å²) >= 11 is 0. The van der Waals surface area contributed by atoms with Crippen LogP contribution in [0.5, 0.6) is 0 Å². The Morgan fingerprint density at radius 2 is 1.48 bits per heavy atom. The van der Waals surface area contributed by atoms with Gasteiger partial charge in [-0.3, -0.25) is 19.3 Å². The van der Waals surface area contributed by atoms with E-state index in [1.807, 2.05) is 51.6 Å². The van der Waals surface area contributed by atoms with Crippen molar-refractivity contribution in [3.8, 4) is 11.1 Å². The molecule has 1 fully saturated rings. The minimum Gasteiger partial charge on any atom is -0.367 e. The first-order chi connectivity index (χ1) is 22.9. The monoisotopic (exact) mass is 711 g/mol. The number of rotatable bonds is 7. The Kier molecular flexibility index (Phi) is 10.5. The van der Waals surface area contributed by atoms with Crippen LogP contribution in [-0.4, -0.2) is 59.5 Å². The van der Waals surface area contributed by atoms with Crippen LogP contribution >= 0.6 is 0 Å². The van der Waals surface area contributed by atoms with Gasteiger partial charge >= 0.3 is 6.18 Å². The number of hydrogen-bond donors (Lipinski definition) is 3. The largest absolute Gasteiger partial charge is 0.417 e. The van der Waals surface area contributed by atoms with Crippen molar-refractivity contribution in [2.45, 2.75) is 78.7 Å². The van der Waals surface area contributed by atoms with E-state index in [1.54, 1.807) is 13.8 Å². The molecule has 4 rings (SSSR count). The van der Waals surface area contributed by atoms with E-state index >= 15 is 17.6 Å². The number of hydrogen-bond acceptors (Lipinski definition) is 5. The summed E-state index contributed by atoms with van der Waals surface area (Å²) in [5.74, 6) is -8.91. The Morgan fingerprint density at radius 3 is 2.04 bits per heavy atom. The number of nitrogens with zero attached hydrogens (tertiary/aromatic N) is 2. The molecule has 0 radical (unpaired) electrons. The molecule has 1 aromatic heterocycles. The van der Waals surface area contributed by atoms with E-state index in [4.69, 9.17) is 0 Å². The smallest absolute Gasteiger partial charge is 0.367 e. The molecule has 1 saturated heterocycles. The van der Waals surface area contributed by atoms with Crippen LogP contribution in [0.4, 0.5) is 42.1 Å². The quantitative estimate of drug-likeness (QED) is 0.223. The number of benzene rings is 2. The predicted molar refractivity (Wildman–Crippen MR) is 176 cm³/mol. The van der Waals surface area contributed by atoms with Gasteiger partial charge in [0, 0.05) is 54.6 Å². The first kappa shape index (κ1) is 38.4. The average molecular weight is 712 g/mol. The third-order valence-electron chi connectivity index (χ3n) is 8.63. The van der Waals surface area contributed by atoms with Crippen molar-refractivity contribution in [1.29, 1.82) is 0 Å². The van der Waals surface area contributed by atoms with E-state index in [-0.39, 0.29) is 42.3 Å². The second-order valence-electron chi connectivity index (χ2n) is 14.7. The number of carbonyl (C=O) groups is 2. The fourth-order valence-corrected chi connectivity index (χ4v) is 6.56. The number of amides is 2. The Bertz CT molecular complexity index is 1850. The molecule has 2 amide bonds. The zero-order valence-corrected chi connectivity index (χ0v) is 28.9. The van der Waals surface area contributed by atoms with Gasteiger partial charge in [-0.1, -0.05) is 26.8 Å². The van der Waals surface area contributed by atoms with Crippen molar-refractivity contribution in [2.75, 3.05) is 30.4 Å². The highest BCUT2D eigenvalue weighted by atomic mass is 19.4. The summed E-state index contributed by atoms with van der Waals surface area (Å²) in [5, 5.41) is 4.72. The van der Waals surface area contributed by atoms with Gasteiger partial charge in [0.2, 0.25) is 5.56 Å². The number of nitrogens with one attached hydrogen (secondary N) is 3. The lowest BCUT2D eigenvalue weighted by atomic mass is 9.81. The number of anilines is 2. The van der Waals surface area contributed by atoms with Gasteiger partial charge in [0.1, 0.15) is 11.5 Å². The number of pyridine rings is 1. The van der Waals surface area contributed by atoms with Gasteiger partial charge < -0.3 is 20.5 Å². The molecule has 1 aliphatic rings. The predicted octanol–water partition coefficient (Wildman–Crippen LogP) is 7.34. The number of likely N-dealkylation sites (N-methyl/N-ethyl adjacent to an activating group) is 1. The van der Waals surface area contributed by atoms with Crippen molar-refractivity contribution in [3.63, 3.8) is 0 Å². The molecule has 50 heavy (non-hydrogen) atoms. The molecule has 0 bridgehead atoms. The minimum absolute atomic E-state index is 0.159. The van der Waals surface area contributed by atoms with Crippen molar-refractivity contribution >= 4 is 23.2 Å². The lowest BCUT2D eigenvalue weighted by molar-refractivity contribution is -0.138. The van der Waals surface area contributed by atoms with Gasteiger partial charge in [-0.15, -0.1) is 0 Å². The van der Waals surface area contributed by atoms with Crippen LogP contribution in [0, 0.1) is 28.7 Å². The van der Waals surface area contributed by atoms with Crippen molar-refractivity contribution in [2.24, 2.45) is 5.41 Å². The summed E-state index contributed by atoms with van der Waals surface area (Å²) in [6.07, 6.45) is -4.18. The number of halogens is 7. The second-order valence-corrected chi connectivity index (χ2v) is 14.7. The van der Waals surface area contributed by atoms with Gasteiger partial charge in [-0.05, 0) is 52.6 Å². The molecule has 8 nitrogen and oxygen atoms in total. The standard InChI is InChI=1S/C35H40F7N5O3/c1-17-14-47(15-18(2)46(17)8)24-12-23(36)26(29(39)30(24)44-31(49)21-13-43-25(48)11-22(21)35(40,41)42)19-9-10-20(28(38)27(19)37)32(50)45-34(6,7)16-33(3,4)5/h9-13,17-18H,14-16H2,1-8H3,(H,43,48)(H,44,49)(H,45,50). The molecular weight excluding hydrogens is 671 g/mol. The molecule has 1 aliphatic heterocycles. The zero-order valence-electron chi connectivity index (χ0n) is 28.9. The maximum absolute atomic E-state index is 16.6. The minimum atomic E-state index is -5.16. The SMILES string of the molecule is CC1CN(c2cc(F)c(-c3ccc(C(=O)NC(C)(C)CC(C)(C)C)c(F)c3F)c(F)c2NC(=O)c2c[nH]c(=O)cc2C(F)(F)F)CC(C)N1C. The maximum Gasteiger partial charge on any atom is 0.417 e. The number of H-pyrrole nitrogens is 1. The Balaban J connectivity index is 1.86. The van der Waals surface area contributed by atoms with Crippen LogP contribution in [0.3, 0.4) is 0 Å². The average Bonchev–Trinajstić information content (AvgIpc) is 2.96. The number of aromatic nitrogens is 1. The summed E-state index contributed by atoms with van der Waals surface area (Å²) in [7, 11) is 1.83. The van der Waals surface area contributed by atoms with Crippen LogP contribution in [0.15, 0.2) is 35.3 Å². The summed E-state index contributed by atoms with van der Waals surface area (Å²) < 4.78 is 105. The van der Waals surface area contributed by atoms with E-state index < -0.39 is 85.9 Å². The van der Waals surface area contributed by atoms with Crippen LogP contribution < -0.4 is 21.1 Å². The van der Waals surface area contributed by atoms with Crippen molar-refractivity contribution in [1.82, 2.24) is 15.2 Å². The number of alkyl halides is 3. The Hall–Kier alpha value is -4.40. The van der Waals surface area contributed by atoms with E-state index in [0.717, 1.165) is 18.2 Å². The van der Waals surface area contributed by atoms with Gasteiger partial charge in [0.25, 0.3) is 11.8 Å². The summed E-state index contributed by atoms with van der Waals surface area (Å²) in [4.78, 5) is 43.5. The van der Waals surface area contributed by atoms with Crippen LogP contribution in [-0.2, 0) is 6.18 Å². The number of aromatic amines is 1. The molecule has 2 unspecified atom stereocenters. The molecule has 272 valence electrons. The normalized spacial score (nSPS) is 17.5. The molecule has 2 aromatic carbocycles. The third kappa shape index (κ3) is 8.14. The highest BCUT2D eigenvalue weighted by Crippen LogP contribution is 2.41. The molecular formula is C35H40F7N5O3. The van der Waals surface area contributed by atoms with E-state index in [2.05, 4.69) is 10.6 Å². The van der Waals surface area contributed by atoms with Gasteiger partial charge in [-0.2, -0.15) is 13.2 Å². The molecule has 2 atom stereocenters. The van der Waals surface area contributed by atoms with Crippen molar-refractivity contribution < 1.29 is 40.3 Å². The van der Waals surface area contributed by atoms with Crippen LogP contribution in [0.25, 0.3) is 11.1 Å². The highest BCUT2D eigenvalue weighted by Gasteiger charge is 2.38. The van der Waals surface area contributed by atoms with E-state index in [9.17, 15) is 27.6 Å². The second kappa shape index (κ2) is 13.7. The Labute approximate surface area is 285 Å². The lowest BCUT2D eigenvalue weighted by Crippen LogP contribution is -2.55. The number of piperazine rings is 1. The summed E-state index contributed by atoms with van der Waals surface area (Å²) in [5.41, 5.74) is -8.78. The lowest BCUT2D eigenvalue weighted by Gasteiger charge is -2.44. The molecule has 2 heterocycles. The van der Waals surface area contributed by atoms with Gasteiger partial charge in [0.15, 0.2) is 17.5 Å². The fourth-order valence-electron chi connectivity index (χ4n) is 6.56. The van der Waals surface area contributed by atoms with Crippen LogP contribution in [0.2, 0.25) is 0 Å². The van der Waals surface area contributed by atoms with Gasteiger partial charge in [-0.25, -0.2) is 17.6 Å². The summed E-state index contributed by atoms with van der Waals surface area (Å²) in [6, 6.07) is 2.25. The van der Waals surface area contributed by atoms with Crippen molar-refractivity contribution in [3.05, 3.63) is 80.8 Å². The molecule has 15 heteroatoms. The molecule has 0 spiro atoms. The van der Waals surface area contributed by atoms with Crippen LogP contribution in [0.1, 0.15) is 81.2 Å². The molecule has 3 aromatic rings.